The zero-order valence-electron chi connectivity index (χ0n) is 11.6. The van der Waals surface area contributed by atoms with Crippen LogP contribution in [0.1, 0.15) is 37.0 Å². The van der Waals surface area contributed by atoms with Crippen LogP contribution in [0.15, 0.2) is 16.3 Å². The van der Waals surface area contributed by atoms with E-state index in [9.17, 15) is 8.42 Å². The minimum atomic E-state index is -3.34. The lowest BCUT2D eigenvalue weighted by molar-refractivity contribution is 0.285. The smallest absolute Gasteiger partial charge is 0.244 e. The van der Waals surface area contributed by atoms with Gasteiger partial charge in [-0.1, -0.05) is 19.3 Å². The highest BCUT2D eigenvalue weighted by atomic mass is 32.2. The molecule has 1 aromatic heterocycles. The highest BCUT2D eigenvalue weighted by Gasteiger charge is 2.30. The van der Waals surface area contributed by atoms with Crippen molar-refractivity contribution in [2.75, 3.05) is 14.1 Å². The summed E-state index contributed by atoms with van der Waals surface area (Å²) in [7, 11) is 0.218. The van der Waals surface area contributed by atoms with Gasteiger partial charge >= 0.3 is 0 Å². The van der Waals surface area contributed by atoms with Crippen molar-refractivity contribution in [1.82, 2.24) is 9.62 Å². The fourth-order valence-electron chi connectivity index (χ4n) is 2.64. The number of thiophene rings is 1. The van der Waals surface area contributed by atoms with Crippen LogP contribution in [0.3, 0.4) is 0 Å². The highest BCUT2D eigenvalue weighted by molar-refractivity contribution is 7.89. The van der Waals surface area contributed by atoms with Crippen molar-refractivity contribution in [3.63, 3.8) is 0 Å². The summed E-state index contributed by atoms with van der Waals surface area (Å²) in [5.41, 5.74) is 0. The molecule has 0 saturated heterocycles. The highest BCUT2D eigenvalue weighted by Crippen LogP contribution is 2.29. The van der Waals surface area contributed by atoms with Crippen LogP contribution in [0.25, 0.3) is 0 Å². The maximum absolute atomic E-state index is 12.7. The number of hydrogen-bond acceptors (Lipinski definition) is 4. The largest absolute Gasteiger partial charge is 0.315 e. The van der Waals surface area contributed by atoms with E-state index in [1.54, 1.807) is 17.4 Å². The molecular formula is C13H22N2O2S2. The van der Waals surface area contributed by atoms with Gasteiger partial charge in [0.15, 0.2) is 0 Å². The van der Waals surface area contributed by atoms with Crippen molar-refractivity contribution < 1.29 is 8.42 Å². The molecule has 1 saturated carbocycles. The minimum absolute atomic E-state index is 0.168. The molecular weight excluding hydrogens is 280 g/mol. The van der Waals surface area contributed by atoms with E-state index < -0.39 is 10.0 Å². The third-order valence-electron chi connectivity index (χ3n) is 3.79. The molecule has 0 unspecified atom stereocenters. The molecule has 1 aromatic rings. The normalized spacial score (nSPS) is 18.1. The molecule has 0 aromatic carbocycles. The zero-order valence-corrected chi connectivity index (χ0v) is 13.2. The topological polar surface area (TPSA) is 49.4 Å². The van der Waals surface area contributed by atoms with Crippen molar-refractivity contribution in [2.45, 2.75) is 49.6 Å². The second-order valence-corrected chi connectivity index (χ2v) is 8.02. The quantitative estimate of drug-likeness (QED) is 0.909. The molecule has 1 aliphatic rings. The van der Waals surface area contributed by atoms with Gasteiger partial charge in [-0.3, -0.25) is 0 Å². The molecule has 0 amide bonds. The third-order valence-corrected chi connectivity index (χ3v) is 6.83. The SMILES string of the molecule is CNCc1sccc1S(=O)(=O)N(C)C1CCCCC1. The molecule has 19 heavy (non-hydrogen) atoms. The van der Waals surface area contributed by atoms with Gasteiger partial charge in [0, 0.05) is 24.5 Å². The summed E-state index contributed by atoms with van der Waals surface area (Å²) in [5.74, 6) is 0. The summed E-state index contributed by atoms with van der Waals surface area (Å²) in [6, 6.07) is 1.90. The van der Waals surface area contributed by atoms with Gasteiger partial charge in [-0.2, -0.15) is 4.31 Å². The van der Waals surface area contributed by atoms with Crippen molar-refractivity contribution >= 4 is 21.4 Å². The van der Waals surface area contributed by atoms with Gasteiger partial charge in [-0.05, 0) is 31.3 Å². The Bertz CT molecular complexity index is 504. The van der Waals surface area contributed by atoms with Gasteiger partial charge in [0.2, 0.25) is 10.0 Å². The Morgan fingerprint density at radius 2 is 2.05 bits per heavy atom. The lowest BCUT2D eigenvalue weighted by Gasteiger charge is -2.30. The first-order valence-corrected chi connectivity index (χ1v) is 9.08. The number of nitrogens with zero attached hydrogens (tertiary/aromatic N) is 1. The maximum atomic E-state index is 12.7. The van der Waals surface area contributed by atoms with E-state index in [4.69, 9.17) is 0 Å². The Kier molecular flexibility index (Phi) is 5.00. The minimum Gasteiger partial charge on any atom is -0.315 e. The molecule has 1 heterocycles. The summed E-state index contributed by atoms with van der Waals surface area (Å²) >= 11 is 1.50. The average molecular weight is 302 g/mol. The van der Waals surface area contributed by atoms with Crippen molar-refractivity contribution in [1.29, 1.82) is 0 Å². The Labute approximate surface area is 119 Å². The fourth-order valence-corrected chi connectivity index (χ4v) is 5.48. The van der Waals surface area contributed by atoms with Crippen molar-refractivity contribution in [3.8, 4) is 0 Å². The van der Waals surface area contributed by atoms with Crippen LogP contribution in [0.5, 0.6) is 0 Å². The Morgan fingerprint density at radius 1 is 1.37 bits per heavy atom. The number of nitrogens with one attached hydrogen (secondary N) is 1. The summed E-state index contributed by atoms with van der Waals surface area (Å²) in [4.78, 5) is 1.37. The summed E-state index contributed by atoms with van der Waals surface area (Å²) in [5, 5.41) is 4.88. The van der Waals surface area contributed by atoms with Gasteiger partial charge in [-0.15, -0.1) is 11.3 Å². The molecule has 0 bridgehead atoms. The monoisotopic (exact) mass is 302 g/mol. The molecule has 0 radical (unpaired) electrons. The Balaban J connectivity index is 2.22. The number of rotatable bonds is 5. The van der Waals surface area contributed by atoms with Gasteiger partial charge in [0.1, 0.15) is 0 Å². The van der Waals surface area contributed by atoms with E-state index >= 15 is 0 Å². The summed E-state index contributed by atoms with van der Waals surface area (Å²) in [6.45, 7) is 0.602. The molecule has 1 aliphatic carbocycles. The van der Waals surface area contributed by atoms with Crippen LogP contribution in [-0.4, -0.2) is 32.9 Å². The lowest BCUT2D eigenvalue weighted by atomic mass is 9.96. The van der Waals surface area contributed by atoms with E-state index in [2.05, 4.69) is 5.32 Å². The van der Waals surface area contributed by atoms with Gasteiger partial charge < -0.3 is 5.32 Å². The molecule has 0 aliphatic heterocycles. The lowest BCUT2D eigenvalue weighted by Crippen LogP contribution is -2.38. The van der Waals surface area contributed by atoms with Crippen molar-refractivity contribution in [2.24, 2.45) is 0 Å². The molecule has 0 spiro atoms. The third kappa shape index (κ3) is 3.18. The van der Waals surface area contributed by atoms with Crippen molar-refractivity contribution in [3.05, 3.63) is 16.3 Å². The first-order valence-electron chi connectivity index (χ1n) is 6.76. The van der Waals surface area contributed by atoms with Crippen LogP contribution in [0.4, 0.5) is 0 Å². The Morgan fingerprint density at radius 3 is 2.68 bits per heavy atom. The second-order valence-electron chi connectivity index (χ2n) is 5.05. The van der Waals surface area contributed by atoms with Crippen LogP contribution >= 0.6 is 11.3 Å². The van der Waals surface area contributed by atoms with E-state index in [-0.39, 0.29) is 6.04 Å². The molecule has 108 valence electrons. The summed E-state index contributed by atoms with van der Waals surface area (Å²) in [6.07, 6.45) is 5.48. The van der Waals surface area contributed by atoms with Gasteiger partial charge in [-0.25, -0.2) is 8.42 Å². The average Bonchev–Trinajstić information content (AvgIpc) is 2.88. The number of hydrogen-bond donors (Lipinski definition) is 1. The number of sulfonamides is 1. The van der Waals surface area contributed by atoms with E-state index in [1.807, 2.05) is 12.4 Å². The summed E-state index contributed by atoms with van der Waals surface area (Å²) < 4.78 is 27.0. The van der Waals surface area contributed by atoms with Crippen LogP contribution in [0, 0.1) is 0 Å². The first-order chi connectivity index (χ1) is 9.07. The molecule has 4 nitrogen and oxygen atoms in total. The van der Waals surface area contributed by atoms with Crippen LogP contribution in [0.2, 0.25) is 0 Å². The zero-order chi connectivity index (χ0) is 13.9. The molecule has 6 heteroatoms. The van der Waals surface area contributed by atoms with E-state index in [1.165, 1.54) is 17.8 Å². The van der Waals surface area contributed by atoms with Crippen LogP contribution < -0.4 is 5.32 Å². The van der Waals surface area contributed by atoms with Gasteiger partial charge in [0.25, 0.3) is 0 Å². The second kappa shape index (κ2) is 6.35. The molecule has 0 atom stereocenters. The molecule has 1 fully saturated rings. The Hall–Kier alpha value is -0.430. The molecule has 1 N–H and O–H groups in total. The predicted molar refractivity (Wildman–Crippen MR) is 78.9 cm³/mol. The molecule has 2 rings (SSSR count). The van der Waals surface area contributed by atoms with Gasteiger partial charge in [0.05, 0.1) is 4.90 Å². The fraction of sp³-hybridized carbons (Fsp3) is 0.692. The van der Waals surface area contributed by atoms with E-state index in [0.29, 0.717) is 11.4 Å². The van der Waals surface area contributed by atoms with E-state index in [0.717, 1.165) is 30.6 Å². The van der Waals surface area contributed by atoms with Crippen LogP contribution in [-0.2, 0) is 16.6 Å². The predicted octanol–water partition coefficient (Wildman–Crippen LogP) is 2.42. The first kappa shape index (κ1) is 15.0. The standard InChI is InChI=1S/C13H22N2O2S2/c1-14-10-12-13(8-9-18-12)19(16,17)15(2)11-6-4-3-5-7-11/h8-9,11,14H,3-7,10H2,1-2H3. The maximum Gasteiger partial charge on any atom is 0.244 e.